The fourth-order valence-corrected chi connectivity index (χ4v) is 2.47. The standard InChI is InChI=1S/C17H21N3O5/c1-11(22)19(2)13-6-4-5-12(9-13)18-15-14(17(24)25-3)10-20(7-8-21)16(15)23/h4-6,9,18,21H,7-8,10H2,1-3H3. The van der Waals surface area contributed by atoms with Crippen LogP contribution in [-0.2, 0) is 19.1 Å². The zero-order valence-corrected chi connectivity index (χ0v) is 14.4. The van der Waals surface area contributed by atoms with Crippen LogP contribution < -0.4 is 10.2 Å². The van der Waals surface area contributed by atoms with Crippen molar-refractivity contribution in [2.75, 3.05) is 44.1 Å². The maximum atomic E-state index is 12.5. The molecule has 1 aromatic carbocycles. The molecule has 0 unspecified atom stereocenters. The van der Waals surface area contributed by atoms with Crippen molar-refractivity contribution in [2.24, 2.45) is 0 Å². The summed E-state index contributed by atoms with van der Waals surface area (Å²) < 4.78 is 4.74. The Kier molecular flexibility index (Phi) is 5.76. The highest BCUT2D eigenvalue weighted by Crippen LogP contribution is 2.25. The number of anilines is 2. The predicted molar refractivity (Wildman–Crippen MR) is 91.9 cm³/mol. The molecule has 0 radical (unpaired) electrons. The van der Waals surface area contributed by atoms with E-state index in [0.29, 0.717) is 11.4 Å². The number of hydrogen-bond donors (Lipinski definition) is 2. The van der Waals surface area contributed by atoms with Gasteiger partial charge in [-0.2, -0.15) is 0 Å². The van der Waals surface area contributed by atoms with Crippen molar-refractivity contribution in [1.82, 2.24) is 4.90 Å². The number of rotatable bonds is 6. The van der Waals surface area contributed by atoms with E-state index in [1.54, 1.807) is 31.3 Å². The number of nitrogens with one attached hydrogen (secondary N) is 1. The molecule has 25 heavy (non-hydrogen) atoms. The van der Waals surface area contributed by atoms with Crippen LogP contribution in [0.2, 0.25) is 0 Å². The first-order valence-electron chi connectivity index (χ1n) is 7.72. The molecule has 1 heterocycles. The molecule has 1 aliphatic rings. The summed E-state index contributed by atoms with van der Waals surface area (Å²) in [5, 5.41) is 12.0. The summed E-state index contributed by atoms with van der Waals surface area (Å²) in [7, 11) is 2.89. The average Bonchev–Trinajstić information content (AvgIpc) is 2.90. The first-order chi connectivity index (χ1) is 11.9. The van der Waals surface area contributed by atoms with E-state index in [0.717, 1.165) is 0 Å². The number of carbonyl (C=O) groups is 3. The van der Waals surface area contributed by atoms with E-state index in [1.807, 2.05) is 0 Å². The Morgan fingerprint density at radius 3 is 2.72 bits per heavy atom. The zero-order chi connectivity index (χ0) is 18.6. The van der Waals surface area contributed by atoms with Gasteiger partial charge in [0, 0.05) is 31.9 Å². The van der Waals surface area contributed by atoms with Gasteiger partial charge in [-0.1, -0.05) is 6.07 Å². The molecule has 2 N–H and O–H groups in total. The van der Waals surface area contributed by atoms with Crippen LogP contribution in [0.3, 0.4) is 0 Å². The SMILES string of the molecule is COC(=O)C1=C(Nc2cccc(N(C)C(C)=O)c2)C(=O)N(CCO)C1. The van der Waals surface area contributed by atoms with Gasteiger partial charge in [-0.15, -0.1) is 0 Å². The number of esters is 1. The van der Waals surface area contributed by atoms with Gasteiger partial charge in [0.25, 0.3) is 5.91 Å². The minimum Gasteiger partial charge on any atom is -0.466 e. The number of hydrogen-bond acceptors (Lipinski definition) is 6. The van der Waals surface area contributed by atoms with Crippen LogP contribution in [0.15, 0.2) is 35.5 Å². The Labute approximate surface area is 145 Å². The molecule has 134 valence electrons. The van der Waals surface area contributed by atoms with E-state index in [4.69, 9.17) is 9.84 Å². The number of β-amino-alcohol motifs (C(OH)–C–C–N with tert-alkyl or cyclic N) is 1. The Balaban J connectivity index is 2.32. The molecule has 2 rings (SSSR count). The van der Waals surface area contributed by atoms with E-state index in [1.165, 1.54) is 23.8 Å². The summed E-state index contributed by atoms with van der Waals surface area (Å²) in [6, 6.07) is 6.92. The largest absolute Gasteiger partial charge is 0.466 e. The second-order valence-electron chi connectivity index (χ2n) is 5.55. The minimum atomic E-state index is -0.603. The van der Waals surface area contributed by atoms with Crippen molar-refractivity contribution in [3.8, 4) is 0 Å². The second kappa shape index (κ2) is 7.80. The molecule has 0 saturated heterocycles. The number of methoxy groups -OCH3 is 1. The Bertz CT molecular complexity index is 729. The molecule has 8 nitrogen and oxygen atoms in total. The highest BCUT2D eigenvalue weighted by molar-refractivity contribution is 6.08. The molecular weight excluding hydrogens is 326 g/mol. The third-order valence-corrected chi connectivity index (χ3v) is 3.93. The minimum absolute atomic E-state index is 0.0709. The Morgan fingerprint density at radius 1 is 1.40 bits per heavy atom. The number of carbonyl (C=O) groups excluding carboxylic acids is 3. The van der Waals surface area contributed by atoms with Gasteiger partial charge in [0.05, 0.1) is 25.8 Å². The Hall–Kier alpha value is -2.87. The summed E-state index contributed by atoms with van der Waals surface area (Å²) in [5.41, 5.74) is 1.52. The molecule has 0 spiro atoms. The maximum Gasteiger partial charge on any atom is 0.337 e. The lowest BCUT2D eigenvalue weighted by Gasteiger charge is -2.17. The number of nitrogens with zero attached hydrogens (tertiary/aromatic N) is 2. The summed E-state index contributed by atoms with van der Waals surface area (Å²) in [6.07, 6.45) is 0. The molecule has 1 aliphatic heterocycles. The van der Waals surface area contributed by atoms with Gasteiger partial charge in [-0.05, 0) is 18.2 Å². The molecule has 0 bridgehead atoms. The molecule has 0 fully saturated rings. The summed E-state index contributed by atoms with van der Waals surface area (Å²) in [6.45, 7) is 1.44. The van der Waals surface area contributed by atoms with Gasteiger partial charge in [0.2, 0.25) is 5.91 Å². The number of aliphatic hydroxyl groups is 1. The highest BCUT2D eigenvalue weighted by Gasteiger charge is 2.34. The van der Waals surface area contributed by atoms with Gasteiger partial charge in [0.15, 0.2) is 0 Å². The number of benzene rings is 1. The number of ether oxygens (including phenoxy) is 1. The zero-order valence-electron chi connectivity index (χ0n) is 14.4. The smallest absolute Gasteiger partial charge is 0.337 e. The molecule has 0 saturated carbocycles. The highest BCUT2D eigenvalue weighted by atomic mass is 16.5. The van der Waals surface area contributed by atoms with Crippen molar-refractivity contribution >= 4 is 29.2 Å². The van der Waals surface area contributed by atoms with Crippen molar-refractivity contribution < 1.29 is 24.2 Å². The average molecular weight is 347 g/mol. The van der Waals surface area contributed by atoms with Gasteiger partial charge in [-0.3, -0.25) is 9.59 Å². The van der Waals surface area contributed by atoms with Crippen molar-refractivity contribution in [3.63, 3.8) is 0 Å². The lowest BCUT2D eigenvalue weighted by Crippen LogP contribution is -2.31. The van der Waals surface area contributed by atoms with Crippen molar-refractivity contribution in [1.29, 1.82) is 0 Å². The monoisotopic (exact) mass is 347 g/mol. The summed E-state index contributed by atoms with van der Waals surface area (Å²) >= 11 is 0. The summed E-state index contributed by atoms with van der Waals surface area (Å²) in [5.74, 6) is -1.12. The van der Waals surface area contributed by atoms with Gasteiger partial charge >= 0.3 is 5.97 Å². The van der Waals surface area contributed by atoms with Gasteiger partial charge in [-0.25, -0.2) is 4.79 Å². The second-order valence-corrected chi connectivity index (χ2v) is 5.55. The topological polar surface area (TPSA) is 99.2 Å². The molecule has 0 aromatic heterocycles. The van der Waals surface area contributed by atoms with E-state index in [9.17, 15) is 14.4 Å². The van der Waals surface area contributed by atoms with Crippen LogP contribution in [0.4, 0.5) is 11.4 Å². The third kappa shape index (κ3) is 3.97. The van der Waals surface area contributed by atoms with E-state index in [-0.39, 0.29) is 42.8 Å². The Morgan fingerprint density at radius 2 is 2.12 bits per heavy atom. The fourth-order valence-electron chi connectivity index (χ4n) is 2.47. The molecule has 1 aromatic rings. The van der Waals surface area contributed by atoms with Crippen LogP contribution in [0.1, 0.15) is 6.92 Å². The number of amides is 2. The van der Waals surface area contributed by atoms with E-state index in [2.05, 4.69) is 5.32 Å². The molecule has 0 atom stereocenters. The quantitative estimate of drug-likeness (QED) is 0.720. The normalized spacial score (nSPS) is 13.9. The first-order valence-corrected chi connectivity index (χ1v) is 7.72. The van der Waals surface area contributed by atoms with Crippen LogP contribution in [0.5, 0.6) is 0 Å². The van der Waals surface area contributed by atoms with Crippen LogP contribution >= 0.6 is 0 Å². The maximum absolute atomic E-state index is 12.5. The molecular formula is C17H21N3O5. The van der Waals surface area contributed by atoms with E-state index >= 15 is 0 Å². The van der Waals surface area contributed by atoms with Crippen LogP contribution in [-0.4, -0.2) is 61.6 Å². The first kappa shape index (κ1) is 18.5. The molecule has 8 heteroatoms. The number of aliphatic hydroxyl groups excluding tert-OH is 1. The summed E-state index contributed by atoms with van der Waals surface area (Å²) in [4.78, 5) is 38.8. The van der Waals surface area contributed by atoms with Crippen molar-refractivity contribution in [2.45, 2.75) is 6.92 Å². The fraction of sp³-hybridized carbons (Fsp3) is 0.353. The van der Waals surface area contributed by atoms with Crippen molar-refractivity contribution in [3.05, 3.63) is 35.5 Å². The van der Waals surface area contributed by atoms with E-state index < -0.39 is 5.97 Å². The lowest BCUT2D eigenvalue weighted by molar-refractivity contribution is -0.136. The predicted octanol–water partition coefficient (Wildman–Crippen LogP) is 0.343. The van der Waals surface area contributed by atoms with Gasteiger partial charge < -0.3 is 25.0 Å². The molecule has 2 amide bonds. The lowest BCUT2D eigenvalue weighted by atomic mass is 10.2. The molecule has 0 aliphatic carbocycles. The van der Waals surface area contributed by atoms with Crippen LogP contribution in [0.25, 0.3) is 0 Å². The third-order valence-electron chi connectivity index (χ3n) is 3.93. The van der Waals surface area contributed by atoms with Gasteiger partial charge in [0.1, 0.15) is 5.70 Å². The van der Waals surface area contributed by atoms with Crippen LogP contribution in [0, 0.1) is 0 Å².